The van der Waals surface area contributed by atoms with Gasteiger partial charge in [-0.15, -0.1) is 0 Å². The zero-order chi connectivity index (χ0) is 10.8. The number of H-pyrrole nitrogens is 1. The first-order valence-corrected chi connectivity index (χ1v) is 5.98. The van der Waals surface area contributed by atoms with Crippen molar-refractivity contribution in [2.24, 2.45) is 5.92 Å². The molecule has 1 aliphatic rings. The predicted octanol–water partition coefficient (Wildman–Crippen LogP) is 1.86. The maximum atomic E-state index is 4.43. The van der Waals surface area contributed by atoms with Crippen LogP contribution in [0.1, 0.15) is 43.1 Å². The summed E-state index contributed by atoms with van der Waals surface area (Å²) in [5.41, 5.74) is 4.16. The van der Waals surface area contributed by atoms with Gasteiger partial charge < -0.3 is 5.32 Å². The first-order valence-electron chi connectivity index (χ1n) is 5.98. The number of aromatic nitrogens is 2. The fourth-order valence-electron chi connectivity index (χ4n) is 2.71. The lowest BCUT2D eigenvalue weighted by Gasteiger charge is -2.29. The zero-order valence-corrected chi connectivity index (χ0v) is 9.93. The minimum Gasteiger partial charge on any atom is -0.319 e. The number of nitrogens with one attached hydrogen (secondary N) is 2. The van der Waals surface area contributed by atoms with E-state index < -0.39 is 0 Å². The molecule has 2 rings (SSSR count). The summed E-state index contributed by atoms with van der Waals surface area (Å²) in [6.45, 7) is 5.62. The molecule has 2 N–H and O–H groups in total. The van der Waals surface area contributed by atoms with Crippen LogP contribution in [0.5, 0.6) is 0 Å². The van der Waals surface area contributed by atoms with Crippen molar-refractivity contribution in [2.45, 2.75) is 39.0 Å². The van der Waals surface area contributed by atoms with E-state index in [9.17, 15) is 0 Å². The van der Waals surface area contributed by atoms with Gasteiger partial charge in [0.15, 0.2) is 0 Å². The molecule has 1 aromatic heterocycles. The minimum absolute atomic E-state index is 0.646. The van der Waals surface area contributed by atoms with Crippen molar-refractivity contribution in [1.82, 2.24) is 15.5 Å². The number of nitrogens with zero attached hydrogens (tertiary/aromatic N) is 1. The molecule has 0 bridgehead atoms. The molecule has 0 aromatic carbocycles. The van der Waals surface area contributed by atoms with E-state index >= 15 is 0 Å². The van der Waals surface area contributed by atoms with Gasteiger partial charge in [-0.05, 0) is 32.2 Å². The van der Waals surface area contributed by atoms with Gasteiger partial charge in [-0.3, -0.25) is 5.10 Å². The smallest absolute Gasteiger partial charge is 0.0657 e. The summed E-state index contributed by atoms with van der Waals surface area (Å²) in [6, 6.07) is 0. The van der Waals surface area contributed by atoms with Gasteiger partial charge in [0.2, 0.25) is 0 Å². The molecule has 1 aromatic rings. The highest BCUT2D eigenvalue weighted by Crippen LogP contribution is 2.36. The summed E-state index contributed by atoms with van der Waals surface area (Å²) in [7, 11) is 2.03. The SMILES string of the molecule is CCc1n[nH]c2c1C(CNC)C(C)CC2. The van der Waals surface area contributed by atoms with Crippen molar-refractivity contribution in [3.63, 3.8) is 0 Å². The van der Waals surface area contributed by atoms with Crippen molar-refractivity contribution >= 4 is 0 Å². The monoisotopic (exact) mass is 207 g/mol. The van der Waals surface area contributed by atoms with Crippen molar-refractivity contribution in [2.75, 3.05) is 13.6 Å². The second kappa shape index (κ2) is 4.35. The highest BCUT2D eigenvalue weighted by Gasteiger charge is 2.29. The Labute approximate surface area is 91.7 Å². The Morgan fingerprint density at radius 3 is 3.00 bits per heavy atom. The van der Waals surface area contributed by atoms with Gasteiger partial charge in [-0.25, -0.2) is 0 Å². The molecule has 0 aliphatic heterocycles. The van der Waals surface area contributed by atoms with Crippen molar-refractivity contribution in [3.8, 4) is 0 Å². The normalized spacial score (nSPS) is 25.3. The number of aromatic amines is 1. The maximum Gasteiger partial charge on any atom is 0.0657 e. The first-order chi connectivity index (χ1) is 7.27. The molecule has 0 saturated heterocycles. The average Bonchev–Trinajstić information content (AvgIpc) is 2.65. The molecule has 0 spiro atoms. The molecule has 2 unspecified atom stereocenters. The van der Waals surface area contributed by atoms with Crippen LogP contribution in [0.2, 0.25) is 0 Å². The zero-order valence-electron chi connectivity index (χ0n) is 9.93. The number of aryl methyl sites for hydroxylation is 2. The molecular weight excluding hydrogens is 186 g/mol. The van der Waals surface area contributed by atoms with Crippen LogP contribution >= 0.6 is 0 Å². The third-order valence-electron chi connectivity index (χ3n) is 3.63. The Balaban J connectivity index is 2.35. The highest BCUT2D eigenvalue weighted by atomic mass is 15.1. The first kappa shape index (κ1) is 10.7. The summed E-state index contributed by atoms with van der Waals surface area (Å²) in [5.74, 6) is 1.42. The molecule has 3 heteroatoms. The lowest BCUT2D eigenvalue weighted by Crippen LogP contribution is -2.27. The predicted molar refractivity (Wildman–Crippen MR) is 62.1 cm³/mol. The third-order valence-corrected chi connectivity index (χ3v) is 3.63. The molecule has 0 saturated carbocycles. The van der Waals surface area contributed by atoms with E-state index in [1.54, 1.807) is 0 Å². The van der Waals surface area contributed by atoms with Gasteiger partial charge >= 0.3 is 0 Å². The molecule has 0 radical (unpaired) electrons. The van der Waals surface area contributed by atoms with Gasteiger partial charge in [-0.2, -0.15) is 5.10 Å². The minimum atomic E-state index is 0.646. The van der Waals surface area contributed by atoms with Crippen molar-refractivity contribution in [1.29, 1.82) is 0 Å². The Morgan fingerprint density at radius 2 is 2.33 bits per heavy atom. The van der Waals surface area contributed by atoms with Crippen LogP contribution in [0.3, 0.4) is 0 Å². The summed E-state index contributed by atoms with van der Waals surface area (Å²) in [5, 5.41) is 10.9. The lowest BCUT2D eigenvalue weighted by atomic mass is 9.77. The molecule has 1 heterocycles. The second-order valence-electron chi connectivity index (χ2n) is 4.60. The van der Waals surface area contributed by atoms with Crippen LogP contribution in [0.15, 0.2) is 0 Å². The average molecular weight is 207 g/mol. The van der Waals surface area contributed by atoms with E-state index in [-0.39, 0.29) is 0 Å². The van der Waals surface area contributed by atoms with Crippen LogP contribution in [0, 0.1) is 5.92 Å². The number of hydrogen-bond acceptors (Lipinski definition) is 2. The van der Waals surface area contributed by atoms with Crippen LogP contribution in [-0.4, -0.2) is 23.8 Å². The highest BCUT2D eigenvalue weighted by molar-refractivity contribution is 5.32. The standard InChI is InChI=1S/C12H21N3/c1-4-10-12-9(7-13-3)8(2)5-6-11(12)15-14-10/h8-9,13H,4-7H2,1-3H3,(H,14,15). The summed E-state index contributed by atoms with van der Waals surface area (Å²) >= 11 is 0. The van der Waals surface area contributed by atoms with Crippen LogP contribution < -0.4 is 5.32 Å². The molecular formula is C12H21N3. The molecule has 15 heavy (non-hydrogen) atoms. The molecule has 3 nitrogen and oxygen atoms in total. The summed E-state index contributed by atoms with van der Waals surface area (Å²) in [4.78, 5) is 0. The van der Waals surface area contributed by atoms with E-state index in [1.807, 2.05) is 7.05 Å². The summed E-state index contributed by atoms with van der Waals surface area (Å²) in [6.07, 6.45) is 3.49. The van der Waals surface area contributed by atoms with Gasteiger partial charge in [-0.1, -0.05) is 13.8 Å². The maximum absolute atomic E-state index is 4.43. The quantitative estimate of drug-likeness (QED) is 0.794. The second-order valence-corrected chi connectivity index (χ2v) is 4.60. The fourth-order valence-corrected chi connectivity index (χ4v) is 2.71. The number of hydrogen-bond donors (Lipinski definition) is 2. The number of rotatable bonds is 3. The van der Waals surface area contributed by atoms with Gasteiger partial charge in [0.1, 0.15) is 0 Å². The number of likely N-dealkylation sites (N-methyl/N-ethyl adjacent to an activating group) is 1. The molecule has 1 aliphatic carbocycles. The molecule has 84 valence electrons. The lowest BCUT2D eigenvalue weighted by molar-refractivity contribution is 0.389. The van der Waals surface area contributed by atoms with E-state index in [1.165, 1.54) is 29.8 Å². The van der Waals surface area contributed by atoms with Crippen molar-refractivity contribution in [3.05, 3.63) is 17.0 Å². The van der Waals surface area contributed by atoms with Gasteiger partial charge in [0, 0.05) is 23.7 Å². The van der Waals surface area contributed by atoms with Gasteiger partial charge in [0.05, 0.1) is 5.69 Å². The Kier molecular flexibility index (Phi) is 3.10. The Morgan fingerprint density at radius 1 is 1.53 bits per heavy atom. The topological polar surface area (TPSA) is 40.7 Å². The summed E-state index contributed by atoms with van der Waals surface area (Å²) < 4.78 is 0. The molecule has 2 atom stereocenters. The Bertz CT molecular complexity index is 316. The van der Waals surface area contributed by atoms with E-state index in [4.69, 9.17) is 0 Å². The van der Waals surface area contributed by atoms with E-state index in [2.05, 4.69) is 29.4 Å². The van der Waals surface area contributed by atoms with Crippen LogP contribution in [-0.2, 0) is 12.8 Å². The largest absolute Gasteiger partial charge is 0.319 e. The van der Waals surface area contributed by atoms with Gasteiger partial charge in [0.25, 0.3) is 0 Å². The fraction of sp³-hybridized carbons (Fsp3) is 0.750. The van der Waals surface area contributed by atoms with E-state index in [0.29, 0.717) is 5.92 Å². The van der Waals surface area contributed by atoms with Crippen molar-refractivity contribution < 1.29 is 0 Å². The number of fused-ring (bicyclic) bond motifs is 1. The molecule has 0 fully saturated rings. The van der Waals surface area contributed by atoms with Crippen LogP contribution in [0.4, 0.5) is 0 Å². The molecule has 0 amide bonds. The van der Waals surface area contributed by atoms with Crippen LogP contribution in [0.25, 0.3) is 0 Å². The Hall–Kier alpha value is -0.830. The third kappa shape index (κ3) is 1.81. The van der Waals surface area contributed by atoms with E-state index in [0.717, 1.165) is 18.9 Å².